The number of aliphatic imine (C=N–C) groups is 2. The number of aromatic nitrogens is 1. The van der Waals surface area contributed by atoms with Crippen molar-refractivity contribution in [1.29, 1.82) is 0 Å². The smallest absolute Gasteiger partial charge is 0.210 e. The van der Waals surface area contributed by atoms with Crippen molar-refractivity contribution in [2.24, 2.45) is 9.98 Å². The Morgan fingerprint density at radius 2 is 1.08 bits per heavy atom. The second kappa shape index (κ2) is 14.8. The lowest BCUT2D eigenvalue weighted by molar-refractivity contribution is 0.632. The fourth-order valence-electron chi connectivity index (χ4n) is 10.6. The zero-order chi connectivity index (χ0) is 43.9. The van der Waals surface area contributed by atoms with Crippen LogP contribution in [0.5, 0.6) is 0 Å². The van der Waals surface area contributed by atoms with Crippen LogP contribution >= 0.6 is 0 Å². The van der Waals surface area contributed by atoms with E-state index in [1.807, 2.05) is 0 Å². The summed E-state index contributed by atoms with van der Waals surface area (Å²) in [5.74, 6) is 1.62. The summed E-state index contributed by atoms with van der Waals surface area (Å²) in [4.78, 5) is 15.8. The first-order chi connectivity index (χ1) is 32.5. The summed E-state index contributed by atoms with van der Waals surface area (Å²) in [6.45, 7) is 4.72. The fourth-order valence-corrected chi connectivity index (χ4v) is 10.6. The third kappa shape index (κ3) is 5.81. The van der Waals surface area contributed by atoms with Crippen LogP contribution in [0.2, 0.25) is 0 Å². The molecule has 1 atom stereocenters. The Bertz CT molecular complexity index is 3640. The van der Waals surface area contributed by atoms with Gasteiger partial charge in [0.15, 0.2) is 6.17 Å². The molecular formula is C60H44N6. The number of hydrogen-bond acceptors (Lipinski definition) is 5. The van der Waals surface area contributed by atoms with Crippen molar-refractivity contribution in [3.05, 3.63) is 246 Å². The number of hydrogen-bond donors (Lipinski definition) is 1. The van der Waals surface area contributed by atoms with E-state index < -0.39 is 0 Å². The maximum Gasteiger partial charge on any atom is 0.210 e. The number of nitrogens with one attached hydrogen (secondary N) is 1. The van der Waals surface area contributed by atoms with Gasteiger partial charge in [0, 0.05) is 38.7 Å². The highest BCUT2D eigenvalue weighted by molar-refractivity contribution is 6.25. The maximum atomic E-state index is 5.58. The van der Waals surface area contributed by atoms with Crippen molar-refractivity contribution in [3.63, 3.8) is 0 Å². The van der Waals surface area contributed by atoms with Crippen LogP contribution in [0.3, 0.4) is 0 Å². The van der Waals surface area contributed by atoms with Crippen LogP contribution in [-0.2, 0) is 5.41 Å². The lowest BCUT2D eigenvalue weighted by Gasteiger charge is -2.42. The summed E-state index contributed by atoms with van der Waals surface area (Å²) in [6.07, 6.45) is -0.336. The molecule has 314 valence electrons. The molecule has 3 aliphatic rings. The Morgan fingerprint density at radius 3 is 1.85 bits per heavy atom. The first-order valence-electron chi connectivity index (χ1n) is 22.7. The van der Waals surface area contributed by atoms with Gasteiger partial charge < -0.3 is 10.2 Å². The molecule has 9 aromatic carbocycles. The molecule has 0 aliphatic carbocycles. The van der Waals surface area contributed by atoms with Crippen molar-refractivity contribution in [3.8, 4) is 11.1 Å². The minimum Gasteiger partial charge on any atom is -0.329 e. The topological polar surface area (TPSA) is 48.2 Å². The number of anilines is 4. The number of rotatable bonds is 5. The number of nitrogens with zero attached hydrogens (tertiary/aromatic N) is 5. The molecule has 4 heterocycles. The molecule has 3 aliphatic heterocycles. The Hall–Kier alpha value is -8.48. The van der Waals surface area contributed by atoms with Crippen LogP contribution in [-0.4, -0.2) is 22.5 Å². The molecule has 6 nitrogen and oxygen atoms in total. The third-order valence-electron chi connectivity index (χ3n) is 13.8. The number of para-hydroxylation sites is 3. The average molecular weight is 849 g/mol. The van der Waals surface area contributed by atoms with Crippen molar-refractivity contribution in [2.45, 2.75) is 25.4 Å². The molecule has 6 heteroatoms. The molecule has 0 saturated carbocycles. The summed E-state index contributed by atoms with van der Waals surface area (Å²) in [7, 11) is 0. The van der Waals surface area contributed by atoms with Crippen molar-refractivity contribution >= 4 is 72.8 Å². The van der Waals surface area contributed by atoms with Crippen LogP contribution in [0.4, 0.5) is 22.7 Å². The highest BCUT2D eigenvalue weighted by atomic mass is 15.4. The van der Waals surface area contributed by atoms with Crippen LogP contribution in [0.25, 0.3) is 49.4 Å². The first kappa shape index (κ1) is 38.0. The van der Waals surface area contributed by atoms with Gasteiger partial charge in [0.1, 0.15) is 11.5 Å². The van der Waals surface area contributed by atoms with E-state index in [2.05, 4.69) is 252 Å². The molecule has 0 amide bonds. The third-order valence-corrected chi connectivity index (χ3v) is 13.8. The van der Waals surface area contributed by atoms with E-state index in [4.69, 9.17) is 9.98 Å². The SMILES string of the molecule is CC1(C)c2ccccc2N(c2ccccc2)c2ccc(-c3ccc4c(c3)c3c5ccccc5ccc3n4C3=NC(c4ccccc4)=C4N=C(c5ccccc5)N(c5ccccc5)C4N3)cc21. The highest BCUT2D eigenvalue weighted by Gasteiger charge is 2.41. The highest BCUT2D eigenvalue weighted by Crippen LogP contribution is 2.53. The van der Waals surface area contributed by atoms with Crippen molar-refractivity contribution in [2.75, 3.05) is 9.80 Å². The van der Waals surface area contributed by atoms with Gasteiger partial charge in [-0.1, -0.05) is 172 Å². The number of benzene rings is 9. The van der Waals surface area contributed by atoms with Gasteiger partial charge in [-0.2, -0.15) is 0 Å². The molecule has 1 unspecified atom stereocenters. The molecule has 0 radical (unpaired) electrons. The second-order valence-corrected chi connectivity index (χ2v) is 17.9. The quantitative estimate of drug-likeness (QED) is 0.188. The summed E-state index contributed by atoms with van der Waals surface area (Å²) in [5, 5.41) is 8.74. The Labute approximate surface area is 383 Å². The van der Waals surface area contributed by atoms with Crippen LogP contribution < -0.4 is 15.1 Å². The van der Waals surface area contributed by atoms with Crippen LogP contribution in [0.1, 0.15) is 36.1 Å². The van der Waals surface area contributed by atoms with E-state index in [0.29, 0.717) is 0 Å². The lowest BCUT2D eigenvalue weighted by atomic mass is 9.73. The normalized spacial score (nSPS) is 16.2. The Balaban J connectivity index is 1.02. The average Bonchev–Trinajstić information content (AvgIpc) is 3.93. The Kier molecular flexibility index (Phi) is 8.52. The summed E-state index contributed by atoms with van der Waals surface area (Å²) in [6, 6.07) is 78.3. The molecule has 66 heavy (non-hydrogen) atoms. The monoisotopic (exact) mass is 848 g/mol. The van der Waals surface area contributed by atoms with E-state index in [9.17, 15) is 0 Å². The van der Waals surface area contributed by atoms with Crippen LogP contribution in [0, 0.1) is 0 Å². The molecule has 0 spiro atoms. The zero-order valence-electron chi connectivity index (χ0n) is 36.6. The van der Waals surface area contributed by atoms with Crippen molar-refractivity contribution in [1.82, 2.24) is 9.88 Å². The largest absolute Gasteiger partial charge is 0.329 e. The fraction of sp³-hybridized carbons (Fsp3) is 0.0667. The molecule has 0 bridgehead atoms. The molecule has 1 aromatic heterocycles. The van der Waals surface area contributed by atoms with Gasteiger partial charge in [-0.15, -0.1) is 0 Å². The zero-order valence-corrected chi connectivity index (χ0v) is 36.6. The van der Waals surface area contributed by atoms with E-state index in [1.165, 1.54) is 49.6 Å². The molecule has 1 N–H and O–H groups in total. The van der Waals surface area contributed by atoms with Gasteiger partial charge in [0.2, 0.25) is 5.96 Å². The molecular weight excluding hydrogens is 805 g/mol. The van der Waals surface area contributed by atoms with E-state index in [-0.39, 0.29) is 11.6 Å². The van der Waals surface area contributed by atoms with Crippen LogP contribution in [0.15, 0.2) is 234 Å². The minimum atomic E-state index is -0.336. The Morgan fingerprint density at radius 1 is 0.470 bits per heavy atom. The maximum absolute atomic E-state index is 5.58. The summed E-state index contributed by atoms with van der Waals surface area (Å²) >= 11 is 0. The minimum absolute atomic E-state index is 0.227. The van der Waals surface area contributed by atoms with Gasteiger partial charge in [-0.05, 0) is 93.7 Å². The van der Waals surface area contributed by atoms with Gasteiger partial charge in [-0.25, -0.2) is 9.98 Å². The standard InChI is InChI=1S/C60H44N6/c1-60(2)48-29-17-18-30-51(48)64(44-24-11-5-12-25-44)52-35-33-43(38-49(52)60)42-32-34-50-47(37-42)54-46-28-16-15-19-39(46)31-36-53(54)66(50)59-62-55(40-20-7-3-8-21-40)56-58(63-59)65(45-26-13-6-14-27-45)57(61-56)41-22-9-4-10-23-41/h3-38,58H,1-2H3,(H,62,63). The van der Waals surface area contributed by atoms with E-state index in [1.54, 1.807) is 0 Å². The molecule has 0 fully saturated rings. The number of amidine groups is 1. The first-order valence-corrected chi connectivity index (χ1v) is 22.7. The number of fused-ring (bicyclic) bond motifs is 8. The predicted molar refractivity (Wildman–Crippen MR) is 274 cm³/mol. The van der Waals surface area contributed by atoms with Crippen molar-refractivity contribution < 1.29 is 0 Å². The molecule has 10 aromatic rings. The summed E-state index contributed by atoms with van der Waals surface area (Å²) < 4.78 is 2.33. The summed E-state index contributed by atoms with van der Waals surface area (Å²) in [5.41, 5.74) is 15.3. The molecule has 13 rings (SSSR count). The van der Waals surface area contributed by atoms with E-state index >= 15 is 0 Å². The van der Waals surface area contributed by atoms with Gasteiger partial charge >= 0.3 is 0 Å². The second-order valence-electron chi connectivity index (χ2n) is 17.9. The van der Waals surface area contributed by atoms with Gasteiger partial charge in [-0.3, -0.25) is 9.47 Å². The van der Waals surface area contributed by atoms with E-state index in [0.717, 1.165) is 62.3 Å². The van der Waals surface area contributed by atoms with Gasteiger partial charge in [0.05, 0.1) is 28.1 Å². The predicted octanol–water partition coefficient (Wildman–Crippen LogP) is 14.2. The van der Waals surface area contributed by atoms with Gasteiger partial charge in [0.25, 0.3) is 0 Å². The molecule has 0 saturated heterocycles. The lowest BCUT2D eigenvalue weighted by Crippen LogP contribution is -2.51.